The molecule has 0 aromatic carbocycles. The Morgan fingerprint density at radius 1 is 1.73 bits per heavy atom. The number of carbonyl (C=O) groups is 1. The molecular formula is C5H5N3O3. The van der Waals surface area contributed by atoms with Crippen LogP contribution in [0.3, 0.4) is 0 Å². The van der Waals surface area contributed by atoms with E-state index in [9.17, 15) is 4.79 Å². The fraction of sp³-hybridized carbons (Fsp3) is 0.200. The van der Waals surface area contributed by atoms with Gasteiger partial charge in [-0.3, -0.25) is 9.79 Å². The van der Waals surface area contributed by atoms with E-state index in [0.717, 1.165) is 0 Å². The fourth-order valence-corrected chi connectivity index (χ4v) is 0.904. The van der Waals surface area contributed by atoms with E-state index in [0.29, 0.717) is 11.5 Å². The van der Waals surface area contributed by atoms with Gasteiger partial charge in [-0.2, -0.15) is 0 Å². The van der Waals surface area contributed by atoms with E-state index in [2.05, 4.69) is 10.6 Å². The van der Waals surface area contributed by atoms with Crippen molar-refractivity contribution in [1.29, 1.82) is 0 Å². The Morgan fingerprint density at radius 3 is 3.27 bits per heavy atom. The molecule has 0 aromatic heterocycles. The molecule has 2 aliphatic rings. The molecule has 2 rings (SSSR count). The van der Waals surface area contributed by atoms with E-state index in [1.807, 2.05) is 0 Å². The minimum absolute atomic E-state index is 0.331. The number of aliphatic imine (C=N–C) groups is 1. The van der Waals surface area contributed by atoms with Crippen LogP contribution in [0.1, 0.15) is 0 Å². The Bertz CT molecular complexity index is 270. The molecule has 0 saturated heterocycles. The van der Waals surface area contributed by atoms with E-state index in [1.54, 1.807) is 0 Å². The number of nitrogens with zero attached hydrogens (tertiary/aromatic N) is 1. The van der Waals surface area contributed by atoms with E-state index >= 15 is 0 Å². The standard InChI is InChI=1S/C5H5N3O3/c6-5(9)3-4-2(1-7-3)10-8-11-4/h1,3,8H,(H2,6,9). The Morgan fingerprint density at radius 2 is 2.55 bits per heavy atom. The molecule has 1 atom stereocenters. The lowest BCUT2D eigenvalue weighted by Crippen LogP contribution is -2.28. The lowest BCUT2D eigenvalue weighted by atomic mass is 10.2. The number of nitrogens with one attached hydrogen (secondary N) is 1. The molecule has 0 bridgehead atoms. The number of carbonyl (C=O) groups excluding carboxylic acids is 1. The van der Waals surface area contributed by atoms with Gasteiger partial charge in [0.15, 0.2) is 6.04 Å². The number of amides is 1. The lowest BCUT2D eigenvalue weighted by molar-refractivity contribution is -0.120. The van der Waals surface area contributed by atoms with Crippen molar-refractivity contribution in [2.45, 2.75) is 6.04 Å². The molecule has 0 saturated carbocycles. The zero-order valence-corrected chi connectivity index (χ0v) is 5.40. The number of rotatable bonds is 1. The monoisotopic (exact) mass is 155 g/mol. The molecule has 0 aromatic rings. The molecule has 6 nitrogen and oxygen atoms in total. The van der Waals surface area contributed by atoms with Gasteiger partial charge in [0.05, 0.1) is 6.21 Å². The summed E-state index contributed by atoms with van der Waals surface area (Å²) >= 11 is 0. The maximum atomic E-state index is 10.7. The molecule has 2 heterocycles. The molecule has 0 fully saturated rings. The minimum Gasteiger partial charge on any atom is -0.371 e. The van der Waals surface area contributed by atoms with E-state index in [4.69, 9.17) is 15.4 Å². The zero-order chi connectivity index (χ0) is 7.84. The van der Waals surface area contributed by atoms with Gasteiger partial charge in [-0.1, -0.05) is 0 Å². The van der Waals surface area contributed by atoms with Crippen molar-refractivity contribution in [3.63, 3.8) is 0 Å². The summed E-state index contributed by atoms with van der Waals surface area (Å²) in [4.78, 5) is 23.9. The minimum atomic E-state index is -0.736. The van der Waals surface area contributed by atoms with Crippen molar-refractivity contribution in [3.05, 3.63) is 11.5 Å². The second-order valence-electron chi connectivity index (χ2n) is 2.10. The predicted octanol–water partition coefficient (Wildman–Crippen LogP) is -1.40. The Balaban J connectivity index is 2.29. The van der Waals surface area contributed by atoms with Crippen molar-refractivity contribution in [1.82, 2.24) is 5.64 Å². The van der Waals surface area contributed by atoms with Crippen molar-refractivity contribution < 1.29 is 14.5 Å². The van der Waals surface area contributed by atoms with Crippen LogP contribution in [0.5, 0.6) is 0 Å². The molecule has 0 spiro atoms. The van der Waals surface area contributed by atoms with Crippen molar-refractivity contribution in [2.24, 2.45) is 10.7 Å². The van der Waals surface area contributed by atoms with Crippen molar-refractivity contribution >= 4 is 12.1 Å². The molecule has 2 aliphatic heterocycles. The molecular weight excluding hydrogens is 150 g/mol. The van der Waals surface area contributed by atoms with E-state index in [-0.39, 0.29) is 0 Å². The molecule has 11 heavy (non-hydrogen) atoms. The van der Waals surface area contributed by atoms with Gasteiger partial charge in [-0.25, -0.2) is 0 Å². The molecule has 0 radical (unpaired) electrons. The highest BCUT2D eigenvalue weighted by Gasteiger charge is 2.34. The first-order chi connectivity index (χ1) is 5.29. The maximum Gasteiger partial charge on any atom is 0.250 e. The third-order valence-electron chi connectivity index (χ3n) is 1.40. The van der Waals surface area contributed by atoms with Crippen LogP contribution in [0, 0.1) is 0 Å². The second-order valence-corrected chi connectivity index (χ2v) is 2.10. The number of hydrogen-bond donors (Lipinski definition) is 2. The highest BCUT2D eigenvalue weighted by molar-refractivity contribution is 5.92. The molecule has 1 unspecified atom stereocenters. The van der Waals surface area contributed by atoms with Gasteiger partial charge < -0.3 is 15.4 Å². The van der Waals surface area contributed by atoms with Crippen LogP contribution in [0.4, 0.5) is 0 Å². The topological polar surface area (TPSA) is 85.9 Å². The smallest absolute Gasteiger partial charge is 0.250 e. The van der Waals surface area contributed by atoms with Crippen LogP contribution in [0.2, 0.25) is 0 Å². The normalized spacial score (nSPS) is 26.4. The molecule has 0 aliphatic carbocycles. The van der Waals surface area contributed by atoms with Gasteiger partial charge in [0, 0.05) is 5.64 Å². The third kappa shape index (κ3) is 0.761. The average molecular weight is 155 g/mol. The number of primary amides is 1. The zero-order valence-electron chi connectivity index (χ0n) is 5.40. The van der Waals surface area contributed by atoms with Gasteiger partial charge in [0.2, 0.25) is 17.4 Å². The van der Waals surface area contributed by atoms with Gasteiger partial charge in [0.1, 0.15) is 0 Å². The van der Waals surface area contributed by atoms with Gasteiger partial charge in [0.25, 0.3) is 0 Å². The highest BCUT2D eigenvalue weighted by atomic mass is 16.9. The highest BCUT2D eigenvalue weighted by Crippen LogP contribution is 2.22. The quantitative estimate of drug-likeness (QED) is 0.487. The Kier molecular flexibility index (Phi) is 1.10. The van der Waals surface area contributed by atoms with Gasteiger partial charge in [-0.15, -0.1) is 0 Å². The van der Waals surface area contributed by atoms with Crippen LogP contribution < -0.4 is 11.4 Å². The summed E-state index contributed by atoms with van der Waals surface area (Å²) in [7, 11) is 0. The second kappa shape index (κ2) is 1.96. The van der Waals surface area contributed by atoms with Crippen molar-refractivity contribution in [3.8, 4) is 0 Å². The van der Waals surface area contributed by atoms with E-state index < -0.39 is 11.9 Å². The first-order valence-electron chi connectivity index (χ1n) is 2.94. The Labute approximate surface area is 61.6 Å². The summed E-state index contributed by atoms with van der Waals surface area (Å²) in [5, 5.41) is 0. The predicted molar refractivity (Wildman–Crippen MR) is 33.8 cm³/mol. The summed E-state index contributed by atoms with van der Waals surface area (Å²) in [6, 6.07) is -0.736. The largest absolute Gasteiger partial charge is 0.371 e. The lowest BCUT2D eigenvalue weighted by Gasteiger charge is -2.02. The van der Waals surface area contributed by atoms with Crippen LogP contribution in [-0.4, -0.2) is 18.2 Å². The summed E-state index contributed by atoms with van der Waals surface area (Å²) in [6.45, 7) is 0. The Hall–Kier alpha value is -1.56. The summed E-state index contributed by atoms with van der Waals surface area (Å²) in [6.07, 6.45) is 1.39. The number of nitrogens with two attached hydrogens (primary N) is 1. The summed E-state index contributed by atoms with van der Waals surface area (Å²) in [5.74, 6) is 0.185. The van der Waals surface area contributed by atoms with Crippen LogP contribution in [0.15, 0.2) is 16.5 Å². The van der Waals surface area contributed by atoms with Crippen LogP contribution in [0.25, 0.3) is 0 Å². The molecule has 1 amide bonds. The first-order valence-corrected chi connectivity index (χ1v) is 2.94. The van der Waals surface area contributed by atoms with Crippen molar-refractivity contribution in [2.75, 3.05) is 0 Å². The fourth-order valence-electron chi connectivity index (χ4n) is 0.904. The molecule has 3 N–H and O–H groups in total. The SMILES string of the molecule is NC(=O)C1N=CC2=C1ONO2. The third-order valence-corrected chi connectivity index (χ3v) is 1.40. The average Bonchev–Trinajstić information content (AvgIpc) is 2.41. The van der Waals surface area contributed by atoms with Gasteiger partial charge in [-0.05, 0) is 0 Å². The number of hydrogen-bond acceptors (Lipinski definition) is 5. The summed E-state index contributed by atoms with van der Waals surface area (Å²) < 4.78 is 0. The molecule has 6 heteroatoms. The molecule has 58 valence electrons. The van der Waals surface area contributed by atoms with Crippen LogP contribution >= 0.6 is 0 Å². The van der Waals surface area contributed by atoms with Crippen LogP contribution in [-0.2, 0) is 14.5 Å². The summed E-state index contributed by atoms with van der Waals surface area (Å²) in [5.41, 5.74) is 7.14. The first kappa shape index (κ1) is 6.17. The van der Waals surface area contributed by atoms with E-state index in [1.165, 1.54) is 6.21 Å². The maximum absolute atomic E-state index is 10.7. The van der Waals surface area contributed by atoms with Gasteiger partial charge >= 0.3 is 0 Å². The number of allylic oxidation sites excluding steroid dienone is 1.